The quantitative estimate of drug-likeness (QED) is 0.260. The summed E-state index contributed by atoms with van der Waals surface area (Å²) in [5.74, 6) is 0.773. The summed E-state index contributed by atoms with van der Waals surface area (Å²) < 4.78 is 31.1. The molecule has 3 heterocycles. The van der Waals surface area contributed by atoms with Gasteiger partial charge in [-0.05, 0) is 75.2 Å². The molecule has 2 aromatic carbocycles. The van der Waals surface area contributed by atoms with Crippen molar-refractivity contribution in [3.8, 4) is 34.1 Å². The average Bonchev–Trinajstić information content (AvgIpc) is 3.48. The van der Waals surface area contributed by atoms with Gasteiger partial charge in [0.1, 0.15) is 35.2 Å². The van der Waals surface area contributed by atoms with E-state index < -0.39 is 16.9 Å². The number of halogens is 1. The Labute approximate surface area is 242 Å². The van der Waals surface area contributed by atoms with Gasteiger partial charge in [0.25, 0.3) is 5.91 Å². The molecule has 0 spiro atoms. The number of benzene rings is 2. The van der Waals surface area contributed by atoms with Gasteiger partial charge in [0, 0.05) is 28.5 Å². The number of carbonyl (C=O) groups excluding carboxylic acids is 1. The molecule has 2 aromatic heterocycles. The summed E-state index contributed by atoms with van der Waals surface area (Å²) in [6.45, 7) is 7.51. The van der Waals surface area contributed by atoms with Gasteiger partial charge < -0.3 is 30.2 Å². The molecule has 0 bridgehead atoms. The monoisotopic (exact) mass is 570 g/mol. The van der Waals surface area contributed by atoms with Crippen LogP contribution in [-0.2, 0) is 11.0 Å². The predicted octanol–water partition coefficient (Wildman–Crippen LogP) is 4.84. The van der Waals surface area contributed by atoms with Crippen molar-refractivity contribution in [3.63, 3.8) is 0 Å². The van der Waals surface area contributed by atoms with Gasteiger partial charge in [-0.3, -0.25) is 4.79 Å². The number of aliphatic hydroxyl groups is 1. The first-order chi connectivity index (χ1) is 20.0. The van der Waals surface area contributed by atoms with E-state index in [2.05, 4.69) is 17.1 Å². The summed E-state index contributed by atoms with van der Waals surface area (Å²) in [5, 5.41) is 18.2. The highest BCUT2D eigenvalue weighted by Crippen LogP contribution is 2.47. The zero-order chi connectivity index (χ0) is 29.6. The second-order valence-electron chi connectivity index (χ2n) is 11.2. The number of hydrogen-bond donors (Lipinski definition) is 3. The first kappa shape index (κ1) is 27.5. The van der Waals surface area contributed by atoms with E-state index in [0.717, 1.165) is 12.8 Å². The lowest BCUT2D eigenvalue weighted by Crippen LogP contribution is -2.39. The molecule has 10 heteroatoms. The highest BCUT2D eigenvalue weighted by atomic mass is 19.1. The molecular formula is C32H31FN4O5. The molecule has 1 amide bonds. The lowest BCUT2D eigenvalue weighted by Gasteiger charge is -2.27. The van der Waals surface area contributed by atoms with E-state index in [1.165, 1.54) is 12.1 Å². The predicted molar refractivity (Wildman–Crippen MR) is 153 cm³/mol. The van der Waals surface area contributed by atoms with Crippen molar-refractivity contribution in [2.24, 2.45) is 5.73 Å². The van der Waals surface area contributed by atoms with Crippen molar-refractivity contribution < 1.29 is 28.3 Å². The Bertz CT molecular complexity index is 1670. The van der Waals surface area contributed by atoms with Crippen molar-refractivity contribution in [1.82, 2.24) is 15.5 Å². The van der Waals surface area contributed by atoms with Gasteiger partial charge in [-0.25, -0.2) is 9.37 Å². The van der Waals surface area contributed by atoms with E-state index in [4.69, 9.17) is 24.7 Å². The molecular weight excluding hydrogens is 539 g/mol. The van der Waals surface area contributed by atoms with Crippen LogP contribution in [0.4, 0.5) is 4.39 Å². The van der Waals surface area contributed by atoms with Crippen LogP contribution in [0, 0.1) is 5.82 Å². The van der Waals surface area contributed by atoms with E-state index in [0.29, 0.717) is 50.9 Å². The minimum atomic E-state index is -1.59. The number of nitrogens with two attached hydrogens (primary N) is 1. The molecule has 1 aliphatic carbocycles. The molecule has 0 unspecified atom stereocenters. The fourth-order valence-electron chi connectivity index (χ4n) is 4.86. The molecule has 6 rings (SSSR count). The first-order valence-electron chi connectivity index (χ1n) is 13.7. The summed E-state index contributed by atoms with van der Waals surface area (Å²) in [6, 6.07) is 14.4. The summed E-state index contributed by atoms with van der Waals surface area (Å²) in [7, 11) is 0. The van der Waals surface area contributed by atoms with E-state index in [-0.39, 0.29) is 30.8 Å². The minimum absolute atomic E-state index is 0.103. The van der Waals surface area contributed by atoms with Gasteiger partial charge in [-0.2, -0.15) is 0 Å². The molecule has 9 nitrogen and oxygen atoms in total. The number of aromatic nitrogens is 2. The van der Waals surface area contributed by atoms with Crippen LogP contribution in [0.2, 0.25) is 0 Å². The SMILES string of the molecule is C=C(N)[C@@]1(C)COc2c1cc([C@@](C)(O)CNC(=O)c1ccc(-c3ccno3)c(OC3CC3)c1)nc2-c1ccc(F)cc1. The summed E-state index contributed by atoms with van der Waals surface area (Å²) >= 11 is 0. The second kappa shape index (κ2) is 10.3. The lowest BCUT2D eigenvalue weighted by atomic mass is 9.80. The maximum Gasteiger partial charge on any atom is 0.251 e. The van der Waals surface area contributed by atoms with Crippen LogP contribution in [-0.4, -0.2) is 40.4 Å². The third kappa shape index (κ3) is 5.09. The zero-order valence-electron chi connectivity index (χ0n) is 23.3. The highest BCUT2D eigenvalue weighted by Gasteiger charge is 2.42. The van der Waals surface area contributed by atoms with E-state index >= 15 is 0 Å². The molecule has 0 radical (unpaired) electrons. The van der Waals surface area contributed by atoms with Crippen LogP contribution in [0.3, 0.4) is 0 Å². The molecule has 1 aliphatic heterocycles. The number of fused-ring (bicyclic) bond motifs is 1. The maximum atomic E-state index is 13.7. The van der Waals surface area contributed by atoms with Gasteiger partial charge in [0.2, 0.25) is 0 Å². The maximum absolute atomic E-state index is 13.7. The first-order valence-corrected chi connectivity index (χ1v) is 13.7. The number of amides is 1. The normalized spacial score (nSPS) is 19.0. The van der Waals surface area contributed by atoms with Crippen molar-refractivity contribution in [2.75, 3.05) is 13.2 Å². The van der Waals surface area contributed by atoms with Crippen LogP contribution < -0.4 is 20.5 Å². The number of hydrogen-bond acceptors (Lipinski definition) is 8. The molecule has 4 N–H and O–H groups in total. The molecule has 2 atom stereocenters. The number of nitrogens with one attached hydrogen (secondary N) is 1. The number of carbonyl (C=O) groups is 1. The zero-order valence-corrected chi connectivity index (χ0v) is 23.3. The van der Waals surface area contributed by atoms with Crippen molar-refractivity contribution in [2.45, 2.75) is 43.8 Å². The molecule has 42 heavy (non-hydrogen) atoms. The van der Waals surface area contributed by atoms with Crippen molar-refractivity contribution >= 4 is 5.91 Å². The molecule has 1 saturated carbocycles. The van der Waals surface area contributed by atoms with Crippen LogP contribution in [0.25, 0.3) is 22.6 Å². The third-order valence-corrected chi connectivity index (χ3v) is 7.81. The smallest absolute Gasteiger partial charge is 0.251 e. The Morgan fingerprint density at radius 1 is 1.24 bits per heavy atom. The van der Waals surface area contributed by atoms with Gasteiger partial charge in [-0.15, -0.1) is 0 Å². The largest absolute Gasteiger partial charge is 0.490 e. The summed E-state index contributed by atoms with van der Waals surface area (Å²) in [4.78, 5) is 18.0. The van der Waals surface area contributed by atoms with E-state index in [9.17, 15) is 14.3 Å². The Kier molecular flexibility index (Phi) is 6.73. The molecule has 1 fully saturated rings. The van der Waals surface area contributed by atoms with Gasteiger partial charge in [0.05, 0.1) is 35.5 Å². The summed E-state index contributed by atoms with van der Waals surface area (Å²) in [5.41, 5.74) is 7.35. The number of pyridine rings is 1. The van der Waals surface area contributed by atoms with Crippen LogP contribution >= 0.6 is 0 Å². The standard InChI is InChI=1S/C32H31FN4O5/c1-18(34)31(2)17-40-29-24(31)15-27(37-28(29)19-4-7-21(33)8-5-19)32(3,39)16-35-30(38)20-6-11-23(25-12-13-36-42-25)26(14-20)41-22-9-10-22/h4-8,11-15,22,39H,1,9-10,16-17,34H2,2-3H3,(H,35,38)/t31-,32+/m1/s1. The Morgan fingerprint density at radius 2 is 2.00 bits per heavy atom. The van der Waals surface area contributed by atoms with Gasteiger partial charge in [-0.1, -0.05) is 11.7 Å². The molecule has 216 valence electrons. The topological polar surface area (TPSA) is 133 Å². The minimum Gasteiger partial charge on any atom is -0.490 e. The Morgan fingerprint density at radius 3 is 2.67 bits per heavy atom. The van der Waals surface area contributed by atoms with Crippen LogP contribution in [0.5, 0.6) is 11.5 Å². The molecule has 0 saturated heterocycles. The molecule has 2 aliphatic rings. The number of ether oxygens (including phenoxy) is 2. The fraction of sp³-hybridized carbons (Fsp3) is 0.281. The van der Waals surface area contributed by atoms with Gasteiger partial charge >= 0.3 is 0 Å². The number of nitrogens with zero attached hydrogens (tertiary/aromatic N) is 2. The van der Waals surface area contributed by atoms with E-state index in [1.807, 2.05) is 6.92 Å². The van der Waals surface area contributed by atoms with Crippen molar-refractivity contribution in [1.29, 1.82) is 0 Å². The average molecular weight is 571 g/mol. The number of rotatable bonds is 9. The Balaban J connectivity index is 1.29. The van der Waals surface area contributed by atoms with Crippen LogP contribution in [0.15, 0.2) is 77.6 Å². The van der Waals surface area contributed by atoms with Gasteiger partial charge in [0.15, 0.2) is 5.76 Å². The fourth-order valence-corrected chi connectivity index (χ4v) is 4.86. The van der Waals surface area contributed by atoms with Crippen LogP contribution in [0.1, 0.15) is 48.3 Å². The third-order valence-electron chi connectivity index (χ3n) is 7.81. The lowest BCUT2D eigenvalue weighted by molar-refractivity contribution is 0.0489. The summed E-state index contributed by atoms with van der Waals surface area (Å²) in [6.07, 6.45) is 3.55. The van der Waals surface area contributed by atoms with Crippen molar-refractivity contribution in [3.05, 3.63) is 95.7 Å². The Hall–Kier alpha value is -4.70. The van der Waals surface area contributed by atoms with E-state index in [1.54, 1.807) is 55.6 Å². The second-order valence-corrected chi connectivity index (χ2v) is 11.2. The highest BCUT2D eigenvalue weighted by molar-refractivity contribution is 5.95. The molecule has 4 aromatic rings.